The third-order valence-electron chi connectivity index (χ3n) is 5.45. The minimum atomic E-state index is -0.938. The first kappa shape index (κ1) is 18.2. The lowest BCUT2D eigenvalue weighted by molar-refractivity contribution is -0.0345. The number of nitrogens with zero attached hydrogens (tertiary/aromatic N) is 1. The van der Waals surface area contributed by atoms with Crippen LogP contribution in [0, 0.1) is 5.82 Å². The average Bonchev–Trinajstić information content (AvgIpc) is 2.70. The van der Waals surface area contributed by atoms with Gasteiger partial charge in [-0.05, 0) is 48.2 Å². The van der Waals surface area contributed by atoms with Crippen LogP contribution < -0.4 is 9.47 Å². The highest BCUT2D eigenvalue weighted by Crippen LogP contribution is 2.35. The van der Waals surface area contributed by atoms with Gasteiger partial charge in [-0.25, -0.2) is 4.39 Å². The van der Waals surface area contributed by atoms with E-state index in [0.29, 0.717) is 57.2 Å². The summed E-state index contributed by atoms with van der Waals surface area (Å²) in [5.41, 5.74) is 0.598. The second kappa shape index (κ2) is 7.46. The second-order valence-corrected chi connectivity index (χ2v) is 7.26. The predicted octanol–water partition coefficient (Wildman–Crippen LogP) is 2.61. The van der Waals surface area contributed by atoms with Crippen molar-refractivity contribution in [2.45, 2.75) is 24.5 Å². The van der Waals surface area contributed by atoms with E-state index < -0.39 is 11.7 Å². The highest BCUT2D eigenvalue weighted by molar-refractivity contribution is 5.44. The number of halogens is 1. The molecule has 27 heavy (non-hydrogen) atoms. The molecule has 6 heteroatoms. The van der Waals surface area contributed by atoms with E-state index in [9.17, 15) is 14.6 Å². The number of benzene rings is 2. The molecule has 144 valence electrons. The lowest BCUT2D eigenvalue weighted by atomic mass is 9.84. The van der Waals surface area contributed by atoms with Gasteiger partial charge in [0, 0.05) is 19.6 Å². The van der Waals surface area contributed by atoms with E-state index in [4.69, 9.17) is 9.47 Å². The largest absolute Gasteiger partial charge is 0.486 e. The molecule has 2 aliphatic rings. The van der Waals surface area contributed by atoms with E-state index in [2.05, 4.69) is 4.90 Å². The summed E-state index contributed by atoms with van der Waals surface area (Å²) in [6.45, 7) is 2.87. The minimum Gasteiger partial charge on any atom is -0.486 e. The third kappa shape index (κ3) is 3.93. The molecule has 2 N–H and O–H groups in total. The van der Waals surface area contributed by atoms with E-state index in [1.807, 2.05) is 18.2 Å². The molecule has 0 radical (unpaired) electrons. The van der Waals surface area contributed by atoms with Gasteiger partial charge in [-0.3, -0.25) is 0 Å². The van der Waals surface area contributed by atoms with E-state index in [1.165, 1.54) is 12.1 Å². The summed E-state index contributed by atoms with van der Waals surface area (Å²) in [6, 6.07) is 11.6. The minimum absolute atomic E-state index is 0.303. The van der Waals surface area contributed by atoms with Gasteiger partial charge in [0.2, 0.25) is 0 Å². The molecule has 5 nitrogen and oxygen atoms in total. The first-order valence-electron chi connectivity index (χ1n) is 9.32. The molecule has 2 aliphatic heterocycles. The van der Waals surface area contributed by atoms with Crippen LogP contribution in [0.15, 0.2) is 42.5 Å². The molecule has 1 atom stereocenters. The van der Waals surface area contributed by atoms with Gasteiger partial charge >= 0.3 is 0 Å². The Morgan fingerprint density at radius 2 is 1.67 bits per heavy atom. The van der Waals surface area contributed by atoms with E-state index in [-0.39, 0.29) is 5.82 Å². The lowest BCUT2D eigenvalue weighted by Crippen LogP contribution is -2.44. The summed E-state index contributed by atoms with van der Waals surface area (Å²) in [7, 11) is 0. The van der Waals surface area contributed by atoms with Gasteiger partial charge in [-0.1, -0.05) is 18.2 Å². The molecule has 0 bridgehead atoms. The van der Waals surface area contributed by atoms with Crippen LogP contribution in [0.1, 0.15) is 30.1 Å². The second-order valence-electron chi connectivity index (χ2n) is 7.26. The van der Waals surface area contributed by atoms with Crippen LogP contribution in [-0.4, -0.2) is 48.0 Å². The molecule has 2 heterocycles. The maximum Gasteiger partial charge on any atom is 0.161 e. The van der Waals surface area contributed by atoms with Crippen LogP contribution in [0.2, 0.25) is 0 Å². The first-order chi connectivity index (χ1) is 13.0. The molecular weight excluding hydrogens is 349 g/mol. The fourth-order valence-electron chi connectivity index (χ4n) is 3.77. The van der Waals surface area contributed by atoms with Gasteiger partial charge in [0.15, 0.2) is 11.5 Å². The Hall–Kier alpha value is -2.15. The zero-order valence-corrected chi connectivity index (χ0v) is 15.1. The van der Waals surface area contributed by atoms with Crippen molar-refractivity contribution in [3.05, 3.63) is 59.4 Å². The van der Waals surface area contributed by atoms with Gasteiger partial charge in [0.1, 0.15) is 19.0 Å². The molecule has 2 aromatic rings. The molecule has 2 aromatic carbocycles. The Morgan fingerprint density at radius 3 is 2.37 bits per heavy atom. The van der Waals surface area contributed by atoms with Crippen molar-refractivity contribution in [3.8, 4) is 11.5 Å². The molecular formula is C21H24FNO4. The van der Waals surface area contributed by atoms with Crippen molar-refractivity contribution in [1.82, 2.24) is 4.90 Å². The van der Waals surface area contributed by atoms with Gasteiger partial charge in [0.25, 0.3) is 0 Å². The van der Waals surface area contributed by atoms with E-state index in [0.717, 1.165) is 11.1 Å². The Morgan fingerprint density at radius 1 is 1.00 bits per heavy atom. The van der Waals surface area contributed by atoms with E-state index in [1.54, 1.807) is 12.1 Å². The molecule has 0 saturated carbocycles. The predicted molar refractivity (Wildman–Crippen MR) is 98.4 cm³/mol. The third-order valence-corrected chi connectivity index (χ3v) is 5.45. The number of hydrogen-bond donors (Lipinski definition) is 2. The fourth-order valence-corrected chi connectivity index (χ4v) is 3.77. The number of likely N-dealkylation sites (tertiary alicyclic amines) is 1. The van der Waals surface area contributed by atoms with Crippen LogP contribution in [-0.2, 0) is 5.60 Å². The van der Waals surface area contributed by atoms with Gasteiger partial charge in [0.05, 0.1) is 11.7 Å². The number of aliphatic hydroxyl groups is 2. The molecule has 0 aromatic heterocycles. The first-order valence-corrected chi connectivity index (χ1v) is 9.32. The zero-order valence-electron chi connectivity index (χ0n) is 15.1. The van der Waals surface area contributed by atoms with Crippen LogP contribution in [0.25, 0.3) is 0 Å². The van der Waals surface area contributed by atoms with Gasteiger partial charge in [-0.2, -0.15) is 0 Å². The summed E-state index contributed by atoms with van der Waals surface area (Å²) < 4.78 is 24.2. The van der Waals surface area contributed by atoms with Crippen LogP contribution in [0.4, 0.5) is 4.39 Å². The number of rotatable bonds is 4. The number of fused-ring (bicyclic) bond motifs is 1. The summed E-state index contributed by atoms with van der Waals surface area (Å²) in [5.74, 6) is 1.07. The van der Waals surface area contributed by atoms with Crippen molar-refractivity contribution >= 4 is 0 Å². The van der Waals surface area contributed by atoms with Crippen molar-refractivity contribution < 1.29 is 24.1 Å². The van der Waals surface area contributed by atoms with Crippen LogP contribution >= 0.6 is 0 Å². The fraction of sp³-hybridized carbons (Fsp3) is 0.429. The number of aliphatic hydroxyl groups excluding tert-OH is 1. The van der Waals surface area contributed by atoms with E-state index >= 15 is 0 Å². The molecule has 0 unspecified atom stereocenters. The Labute approximate surface area is 158 Å². The molecule has 1 saturated heterocycles. The Balaban J connectivity index is 1.36. The summed E-state index contributed by atoms with van der Waals surface area (Å²) in [6.07, 6.45) is 0.455. The summed E-state index contributed by atoms with van der Waals surface area (Å²) >= 11 is 0. The Bertz CT molecular complexity index is 787. The standard InChI is InChI=1S/C21H24FNO4/c22-17-4-2-16(3-5-17)21(25)7-9-23(10-8-21)14-18(24)15-1-6-19-20(13-15)27-12-11-26-19/h1-6,13,18,24-25H,7-12,14H2/t18-/m1/s1. The van der Waals surface area contributed by atoms with Crippen molar-refractivity contribution in [3.63, 3.8) is 0 Å². The molecule has 1 fully saturated rings. The Kier molecular flexibility index (Phi) is 5.04. The number of β-amino-alcohol motifs (C(OH)–C–C–N with tert-alkyl or cyclic N) is 1. The SMILES string of the molecule is O[C@H](CN1CCC(O)(c2ccc(F)cc2)CC1)c1ccc2c(c1)OCCO2. The smallest absolute Gasteiger partial charge is 0.161 e. The molecule has 0 spiro atoms. The normalized spacial score (nSPS) is 20.3. The summed E-state index contributed by atoms with van der Waals surface area (Å²) in [4.78, 5) is 2.14. The van der Waals surface area contributed by atoms with Crippen molar-refractivity contribution in [1.29, 1.82) is 0 Å². The topological polar surface area (TPSA) is 62.2 Å². The van der Waals surface area contributed by atoms with Crippen molar-refractivity contribution in [2.75, 3.05) is 32.8 Å². The number of ether oxygens (including phenoxy) is 2. The molecule has 0 aliphatic carbocycles. The lowest BCUT2D eigenvalue weighted by Gasteiger charge is -2.39. The number of hydrogen-bond acceptors (Lipinski definition) is 5. The highest BCUT2D eigenvalue weighted by atomic mass is 19.1. The highest BCUT2D eigenvalue weighted by Gasteiger charge is 2.34. The maximum absolute atomic E-state index is 13.1. The molecule has 0 amide bonds. The monoisotopic (exact) mass is 373 g/mol. The van der Waals surface area contributed by atoms with Gasteiger partial charge < -0.3 is 24.6 Å². The number of piperidine rings is 1. The van der Waals surface area contributed by atoms with Crippen LogP contribution in [0.5, 0.6) is 11.5 Å². The zero-order chi connectivity index (χ0) is 18.9. The quantitative estimate of drug-likeness (QED) is 0.863. The summed E-state index contributed by atoms with van der Waals surface area (Å²) in [5, 5.41) is 21.5. The maximum atomic E-state index is 13.1. The average molecular weight is 373 g/mol. The molecule has 4 rings (SSSR count). The van der Waals surface area contributed by atoms with Crippen LogP contribution in [0.3, 0.4) is 0 Å². The van der Waals surface area contributed by atoms with Crippen molar-refractivity contribution in [2.24, 2.45) is 0 Å². The van der Waals surface area contributed by atoms with Gasteiger partial charge in [-0.15, -0.1) is 0 Å².